The molecule has 202 valence electrons. The molecule has 2 saturated heterocycles. The highest BCUT2D eigenvalue weighted by atomic mass is 79.9. The Hall–Kier alpha value is -2.63. The lowest BCUT2D eigenvalue weighted by atomic mass is 9.56. The minimum absolute atomic E-state index is 0.0729. The summed E-state index contributed by atoms with van der Waals surface area (Å²) in [6.07, 6.45) is 0.430. The summed E-state index contributed by atoms with van der Waals surface area (Å²) in [5, 5.41) is 11.2. The Bertz CT molecular complexity index is 1320. The third-order valence-corrected chi connectivity index (χ3v) is 9.93. The standard InChI is InChI=1S/C25H23BrCl2N2O8/c1-3-38-15-6-4-5-13(18(15)31)17-11-7-8-12-16(20(33)30(19(12)32)23(36)37-2)14(11)9-24(27)21(34)29(10-26)22(35)25(17,24)28/h4-7,12,14,16-17,31H,3,8-10H2,1-2H3. The Morgan fingerprint density at radius 3 is 2.50 bits per heavy atom. The van der Waals surface area contributed by atoms with Gasteiger partial charge in [0.15, 0.2) is 21.2 Å². The van der Waals surface area contributed by atoms with Crippen molar-refractivity contribution >= 4 is 68.9 Å². The molecule has 0 bridgehead atoms. The van der Waals surface area contributed by atoms with Crippen molar-refractivity contribution in [1.29, 1.82) is 0 Å². The van der Waals surface area contributed by atoms with E-state index < -0.39 is 63.1 Å². The zero-order valence-electron chi connectivity index (χ0n) is 20.3. The number of imide groups is 4. The van der Waals surface area contributed by atoms with Crippen LogP contribution in [0.3, 0.4) is 0 Å². The fourth-order valence-electron chi connectivity index (χ4n) is 6.41. The maximum absolute atomic E-state index is 13.7. The van der Waals surface area contributed by atoms with Crippen LogP contribution in [0.25, 0.3) is 0 Å². The molecule has 2 aliphatic carbocycles. The van der Waals surface area contributed by atoms with Crippen LogP contribution in [0.5, 0.6) is 11.5 Å². The second kappa shape index (κ2) is 9.24. The van der Waals surface area contributed by atoms with Gasteiger partial charge in [-0.25, -0.2) is 4.79 Å². The highest BCUT2D eigenvalue weighted by molar-refractivity contribution is 9.09. The van der Waals surface area contributed by atoms with Crippen molar-refractivity contribution in [1.82, 2.24) is 9.80 Å². The van der Waals surface area contributed by atoms with Gasteiger partial charge in [0.2, 0.25) is 11.8 Å². The molecule has 2 heterocycles. The molecule has 1 N–H and O–H groups in total. The molecule has 5 amide bonds. The number of alkyl halides is 3. The Kier molecular flexibility index (Phi) is 6.55. The normalized spacial score (nSPS) is 34.1. The first-order valence-corrected chi connectivity index (χ1v) is 13.8. The van der Waals surface area contributed by atoms with Crippen LogP contribution < -0.4 is 4.74 Å². The van der Waals surface area contributed by atoms with Crippen molar-refractivity contribution in [2.45, 2.75) is 35.4 Å². The molecule has 0 aromatic heterocycles. The monoisotopic (exact) mass is 628 g/mol. The number of fused-ring (bicyclic) bond motifs is 4. The molecule has 1 saturated carbocycles. The first kappa shape index (κ1) is 27.0. The predicted molar refractivity (Wildman–Crippen MR) is 137 cm³/mol. The average Bonchev–Trinajstić information content (AvgIpc) is 3.23. The van der Waals surface area contributed by atoms with E-state index in [1.807, 2.05) is 0 Å². The molecule has 5 rings (SSSR count). The van der Waals surface area contributed by atoms with Gasteiger partial charge in [-0.15, -0.1) is 23.2 Å². The van der Waals surface area contributed by atoms with Crippen molar-refractivity contribution in [2.75, 3.05) is 19.2 Å². The van der Waals surface area contributed by atoms with Crippen LogP contribution >= 0.6 is 39.1 Å². The fourth-order valence-corrected chi connectivity index (χ4v) is 7.83. The second-order valence-electron chi connectivity index (χ2n) is 9.60. The van der Waals surface area contributed by atoms with Gasteiger partial charge in [-0.05, 0) is 31.7 Å². The van der Waals surface area contributed by atoms with Gasteiger partial charge in [0.05, 0.1) is 31.0 Å². The molecule has 10 nitrogen and oxygen atoms in total. The summed E-state index contributed by atoms with van der Waals surface area (Å²) in [4.78, 5) is 63.4. The molecule has 1 aromatic rings. The van der Waals surface area contributed by atoms with Crippen LogP contribution in [0.15, 0.2) is 29.8 Å². The number of likely N-dealkylation sites (tertiary alicyclic amines) is 2. The van der Waals surface area contributed by atoms with Crippen molar-refractivity contribution < 1.29 is 38.6 Å². The molecular formula is C25H23BrCl2N2O8. The molecule has 4 aliphatic rings. The van der Waals surface area contributed by atoms with Crippen molar-refractivity contribution in [3.05, 3.63) is 35.4 Å². The molecule has 38 heavy (non-hydrogen) atoms. The molecular weight excluding hydrogens is 607 g/mol. The molecule has 13 heteroatoms. The molecule has 6 atom stereocenters. The topological polar surface area (TPSA) is 131 Å². The van der Waals surface area contributed by atoms with E-state index in [0.717, 1.165) is 12.0 Å². The number of amides is 5. The lowest BCUT2D eigenvalue weighted by Gasteiger charge is -2.50. The molecule has 0 radical (unpaired) electrons. The van der Waals surface area contributed by atoms with E-state index in [9.17, 15) is 29.1 Å². The maximum atomic E-state index is 13.7. The van der Waals surface area contributed by atoms with E-state index in [2.05, 4.69) is 20.7 Å². The van der Waals surface area contributed by atoms with E-state index in [1.54, 1.807) is 31.2 Å². The number of benzene rings is 1. The molecule has 3 fully saturated rings. The number of carbonyl (C=O) groups excluding carboxylic acids is 5. The minimum Gasteiger partial charge on any atom is -0.504 e. The number of allylic oxidation sites excluding steroid dienone is 2. The second-order valence-corrected chi connectivity index (χ2v) is 11.3. The lowest BCUT2D eigenvalue weighted by molar-refractivity contribution is -0.140. The minimum atomic E-state index is -2.06. The Labute approximate surface area is 235 Å². The van der Waals surface area contributed by atoms with E-state index in [0.29, 0.717) is 10.5 Å². The number of ether oxygens (including phenoxy) is 2. The van der Waals surface area contributed by atoms with Crippen molar-refractivity contribution in [3.8, 4) is 11.5 Å². The van der Waals surface area contributed by atoms with Crippen LogP contribution in [0.1, 0.15) is 31.2 Å². The van der Waals surface area contributed by atoms with E-state index >= 15 is 0 Å². The smallest absolute Gasteiger partial charge is 0.423 e. The quantitative estimate of drug-likeness (QED) is 0.232. The van der Waals surface area contributed by atoms with Crippen molar-refractivity contribution in [2.24, 2.45) is 17.8 Å². The van der Waals surface area contributed by atoms with E-state index in [1.165, 1.54) is 0 Å². The highest BCUT2D eigenvalue weighted by Gasteiger charge is 2.76. The van der Waals surface area contributed by atoms with Crippen LogP contribution in [-0.4, -0.2) is 73.5 Å². The largest absolute Gasteiger partial charge is 0.504 e. The number of carbonyl (C=O) groups is 5. The molecule has 6 unspecified atom stereocenters. The fraction of sp³-hybridized carbons (Fsp3) is 0.480. The number of methoxy groups -OCH3 is 1. The third-order valence-electron chi connectivity index (χ3n) is 8.01. The van der Waals surface area contributed by atoms with Gasteiger partial charge in [0.1, 0.15) is 0 Å². The number of aromatic hydroxyl groups is 1. The van der Waals surface area contributed by atoms with Gasteiger partial charge in [-0.1, -0.05) is 39.7 Å². The molecule has 1 aromatic carbocycles. The first-order chi connectivity index (χ1) is 18.0. The summed E-state index contributed by atoms with van der Waals surface area (Å²) in [7, 11) is 1.06. The van der Waals surface area contributed by atoms with Crippen molar-refractivity contribution in [3.63, 3.8) is 0 Å². The van der Waals surface area contributed by atoms with Gasteiger partial charge in [0.25, 0.3) is 11.8 Å². The Balaban J connectivity index is 1.74. The molecule has 0 spiro atoms. The van der Waals surface area contributed by atoms with Gasteiger partial charge < -0.3 is 14.6 Å². The summed E-state index contributed by atoms with van der Waals surface area (Å²) in [5.41, 5.74) is 0.491. The van der Waals surface area contributed by atoms with Crippen LogP contribution in [-0.2, 0) is 23.9 Å². The number of nitrogens with zero attached hydrogens (tertiary/aromatic N) is 2. The Morgan fingerprint density at radius 1 is 1.16 bits per heavy atom. The van der Waals surface area contributed by atoms with Gasteiger partial charge >= 0.3 is 6.09 Å². The number of halogens is 3. The molecule has 2 aliphatic heterocycles. The number of hydrogen-bond acceptors (Lipinski definition) is 8. The number of para-hydroxylation sites is 1. The van der Waals surface area contributed by atoms with E-state index in [4.69, 9.17) is 27.9 Å². The lowest BCUT2D eigenvalue weighted by Crippen LogP contribution is -2.60. The van der Waals surface area contributed by atoms with Gasteiger partial charge in [-0.3, -0.25) is 24.1 Å². The zero-order valence-corrected chi connectivity index (χ0v) is 23.4. The summed E-state index contributed by atoms with van der Waals surface area (Å²) < 4.78 is 10.2. The SMILES string of the molecule is CCOc1cccc(C2C3=CCC4C(=O)N(C(=O)OC)C(=O)C4C3CC3(Cl)C(=O)N(CBr)C(=O)C23Cl)c1O. The average molecular weight is 630 g/mol. The number of phenolic OH excluding ortho intramolecular Hbond substituents is 1. The van der Waals surface area contributed by atoms with Crippen LogP contribution in [0.4, 0.5) is 4.79 Å². The number of phenols is 1. The summed E-state index contributed by atoms with van der Waals surface area (Å²) >= 11 is 17.4. The maximum Gasteiger partial charge on any atom is 0.423 e. The van der Waals surface area contributed by atoms with Gasteiger partial charge in [0, 0.05) is 11.5 Å². The highest BCUT2D eigenvalue weighted by Crippen LogP contribution is 2.66. The van der Waals surface area contributed by atoms with E-state index in [-0.39, 0.29) is 42.0 Å². The Morgan fingerprint density at radius 2 is 1.87 bits per heavy atom. The first-order valence-electron chi connectivity index (χ1n) is 11.9. The van der Waals surface area contributed by atoms with Gasteiger partial charge in [-0.2, -0.15) is 4.90 Å². The summed E-state index contributed by atoms with van der Waals surface area (Å²) in [6.45, 7) is 1.99. The zero-order chi connectivity index (χ0) is 27.7. The summed E-state index contributed by atoms with van der Waals surface area (Å²) in [6, 6.07) is 4.71. The number of rotatable bonds is 4. The third kappa shape index (κ3) is 3.27. The predicted octanol–water partition coefficient (Wildman–Crippen LogP) is 3.27. The van der Waals surface area contributed by atoms with Crippen LogP contribution in [0, 0.1) is 17.8 Å². The summed E-state index contributed by atoms with van der Waals surface area (Å²) in [5.74, 6) is -7.07. The van der Waals surface area contributed by atoms with Crippen LogP contribution in [0.2, 0.25) is 0 Å². The number of hydrogen-bond donors (Lipinski definition) is 1.